The monoisotopic (exact) mass is 603 g/mol. The summed E-state index contributed by atoms with van der Waals surface area (Å²) in [4.78, 5) is 40.8. The number of piperidine rings is 1. The maximum Gasteiger partial charge on any atom is 0.279 e. The Morgan fingerprint density at radius 2 is 1.91 bits per heavy atom. The predicted octanol–water partition coefficient (Wildman–Crippen LogP) is 1.74. The topological polar surface area (TPSA) is 165 Å². The molecule has 224 valence electrons. The van der Waals surface area contributed by atoms with Crippen molar-refractivity contribution < 1.29 is 14.3 Å². The van der Waals surface area contributed by atoms with Crippen molar-refractivity contribution in [2.75, 3.05) is 26.2 Å². The highest BCUT2D eigenvalue weighted by atomic mass is 35.5. The van der Waals surface area contributed by atoms with Crippen molar-refractivity contribution in [3.05, 3.63) is 65.9 Å². The molecule has 2 atom stereocenters. The molecule has 6 rings (SSSR count). The first-order valence-electron chi connectivity index (χ1n) is 14.2. The van der Waals surface area contributed by atoms with Gasteiger partial charge in [-0.3, -0.25) is 24.9 Å². The van der Waals surface area contributed by atoms with E-state index in [1.165, 1.54) is 5.56 Å². The first-order valence-corrected chi connectivity index (χ1v) is 14.7. The second kappa shape index (κ2) is 11.7. The van der Waals surface area contributed by atoms with E-state index in [0.717, 1.165) is 16.7 Å². The molecular formula is C30H34ClN9O3. The van der Waals surface area contributed by atoms with E-state index in [4.69, 9.17) is 27.8 Å². The number of fused-ring (bicyclic) bond motifs is 1. The number of carbonyl (C=O) groups excluding carboxylic acids is 2. The number of nitrogens with zero attached hydrogens (tertiary/aromatic N) is 5. The second-order valence-electron chi connectivity index (χ2n) is 11.1. The van der Waals surface area contributed by atoms with Gasteiger partial charge in [0.2, 0.25) is 0 Å². The lowest BCUT2D eigenvalue weighted by Gasteiger charge is -2.39. The first kappa shape index (κ1) is 28.7. The number of alkyl halides is 1. The number of likely N-dealkylation sites (tertiary alicyclic amines) is 1. The van der Waals surface area contributed by atoms with Crippen LogP contribution in [0.1, 0.15) is 28.8 Å². The number of aryl methyl sites for hydroxylation is 1. The molecule has 3 aliphatic heterocycles. The van der Waals surface area contributed by atoms with Crippen LogP contribution in [0, 0.1) is 6.92 Å². The number of guanidine groups is 1. The van der Waals surface area contributed by atoms with Crippen molar-refractivity contribution >= 4 is 51.8 Å². The largest absolute Gasteiger partial charge is 0.492 e. The summed E-state index contributed by atoms with van der Waals surface area (Å²) in [5, 5.41) is 6.98. The number of halogens is 1. The van der Waals surface area contributed by atoms with Gasteiger partial charge >= 0.3 is 0 Å². The maximum absolute atomic E-state index is 13.6. The summed E-state index contributed by atoms with van der Waals surface area (Å²) >= 11 is 6.03. The first-order chi connectivity index (χ1) is 20.7. The minimum Gasteiger partial charge on any atom is -0.492 e. The molecule has 1 fully saturated rings. The molecule has 1 spiro atoms. The number of nitrogens with one attached hydrogen (secondary N) is 2. The van der Waals surface area contributed by atoms with Crippen molar-refractivity contribution in [1.29, 1.82) is 0 Å². The predicted molar refractivity (Wildman–Crippen MR) is 167 cm³/mol. The summed E-state index contributed by atoms with van der Waals surface area (Å²) < 4.78 is 8.03. The Labute approximate surface area is 253 Å². The van der Waals surface area contributed by atoms with Gasteiger partial charge in [0, 0.05) is 35.8 Å². The minimum atomic E-state index is -0.873. The van der Waals surface area contributed by atoms with Crippen molar-refractivity contribution in [3.8, 4) is 5.75 Å². The standard InChI is InChI=1S/C30H34ClN9O3/c1-18-5-7-19(8-6-18)43-16-15-39-12-9-20-21(3-2-4-22(20)39)28(42)40-13-10-30(11-14-40)17-34-29(38-30)37-27(41)23-25(32)36-26(33)24(31)35-23/h2-9,12,24,26H,10-11,13-17,33H2,1H3,(H2,32,36)(H2,34,37,38,41). The molecule has 0 bridgehead atoms. The third-order valence-corrected chi connectivity index (χ3v) is 8.46. The van der Waals surface area contributed by atoms with Crippen molar-refractivity contribution in [2.24, 2.45) is 26.4 Å². The molecule has 13 heteroatoms. The highest BCUT2D eigenvalue weighted by Crippen LogP contribution is 2.28. The quantitative estimate of drug-likeness (QED) is 0.247. The molecular weight excluding hydrogens is 570 g/mol. The number of rotatable bonds is 6. The van der Waals surface area contributed by atoms with Crippen LogP contribution in [0.2, 0.25) is 0 Å². The van der Waals surface area contributed by atoms with Crippen LogP contribution in [-0.2, 0) is 11.3 Å². The molecule has 1 saturated heterocycles. The summed E-state index contributed by atoms with van der Waals surface area (Å²) in [6, 6.07) is 15.8. The molecule has 6 N–H and O–H groups in total. The molecule has 0 aliphatic carbocycles. The Bertz CT molecular complexity index is 1640. The van der Waals surface area contributed by atoms with Gasteiger partial charge in [-0.15, -0.1) is 0 Å². The zero-order valence-electron chi connectivity index (χ0n) is 23.8. The van der Waals surface area contributed by atoms with E-state index in [9.17, 15) is 9.59 Å². The number of hydrogen-bond donors (Lipinski definition) is 4. The van der Waals surface area contributed by atoms with E-state index >= 15 is 0 Å². The normalized spacial score (nSPS) is 21.2. The molecule has 3 aromatic rings. The van der Waals surface area contributed by atoms with Gasteiger partial charge in [0.1, 0.15) is 18.5 Å². The number of carbonyl (C=O) groups is 2. The van der Waals surface area contributed by atoms with Crippen LogP contribution in [0.25, 0.3) is 10.9 Å². The number of amidine groups is 1. The van der Waals surface area contributed by atoms with E-state index in [1.807, 2.05) is 66.6 Å². The SMILES string of the molecule is Cc1ccc(OCCn2ccc3c(C(=O)N4CCC5(CC4)CN=C(NC(=O)C4=NC(Cl)C(N)N=C4N)N5)cccc32)cc1. The average molecular weight is 604 g/mol. The molecule has 1 aromatic heterocycles. The van der Waals surface area contributed by atoms with E-state index in [0.29, 0.717) is 57.2 Å². The van der Waals surface area contributed by atoms with Crippen LogP contribution < -0.4 is 26.8 Å². The number of benzene rings is 2. The minimum absolute atomic E-state index is 0.000422. The van der Waals surface area contributed by atoms with E-state index < -0.39 is 17.6 Å². The van der Waals surface area contributed by atoms with Crippen LogP contribution in [-0.4, -0.2) is 82.2 Å². The number of hydrogen-bond acceptors (Lipinski definition) is 9. The summed E-state index contributed by atoms with van der Waals surface area (Å²) in [5.41, 5.74) is 13.1. The molecule has 4 heterocycles. The van der Waals surface area contributed by atoms with Crippen LogP contribution >= 0.6 is 11.6 Å². The van der Waals surface area contributed by atoms with Crippen LogP contribution in [0.15, 0.2) is 69.7 Å². The van der Waals surface area contributed by atoms with Crippen molar-refractivity contribution in [2.45, 2.75) is 43.5 Å². The van der Waals surface area contributed by atoms with Gasteiger partial charge in [0.15, 0.2) is 23.0 Å². The number of nitrogens with two attached hydrogens (primary N) is 2. The Morgan fingerprint density at radius 1 is 1.14 bits per heavy atom. The fourth-order valence-corrected chi connectivity index (χ4v) is 5.77. The van der Waals surface area contributed by atoms with Crippen molar-refractivity contribution in [3.63, 3.8) is 0 Å². The number of aromatic nitrogens is 1. The van der Waals surface area contributed by atoms with Gasteiger partial charge in [-0.2, -0.15) is 0 Å². The van der Waals surface area contributed by atoms with Gasteiger partial charge in [0.25, 0.3) is 11.8 Å². The van der Waals surface area contributed by atoms with Gasteiger partial charge in [-0.05, 0) is 50.1 Å². The lowest BCUT2D eigenvalue weighted by molar-refractivity contribution is -0.113. The average Bonchev–Trinajstić information content (AvgIpc) is 3.59. The molecule has 2 unspecified atom stereocenters. The van der Waals surface area contributed by atoms with Gasteiger partial charge in [0.05, 0.1) is 18.6 Å². The highest BCUT2D eigenvalue weighted by molar-refractivity contribution is 6.67. The molecule has 12 nitrogen and oxygen atoms in total. The Morgan fingerprint density at radius 3 is 2.67 bits per heavy atom. The van der Waals surface area contributed by atoms with Crippen LogP contribution in [0.3, 0.4) is 0 Å². The molecule has 0 saturated carbocycles. The maximum atomic E-state index is 13.6. The Balaban J connectivity index is 1.04. The second-order valence-corrected chi connectivity index (χ2v) is 11.5. The van der Waals surface area contributed by atoms with Gasteiger partial charge in [-0.1, -0.05) is 35.4 Å². The summed E-state index contributed by atoms with van der Waals surface area (Å²) in [6.07, 6.45) is 2.56. The number of aliphatic imine (C=N–C) groups is 3. The van der Waals surface area contributed by atoms with Gasteiger partial charge < -0.3 is 31.0 Å². The van der Waals surface area contributed by atoms with E-state index in [1.54, 1.807) is 0 Å². The van der Waals surface area contributed by atoms with E-state index in [2.05, 4.69) is 30.2 Å². The van der Waals surface area contributed by atoms with Gasteiger partial charge in [-0.25, -0.2) is 4.99 Å². The van der Waals surface area contributed by atoms with Crippen LogP contribution in [0.4, 0.5) is 0 Å². The molecule has 3 aliphatic rings. The molecule has 2 aromatic carbocycles. The zero-order chi connectivity index (χ0) is 30.1. The number of amides is 2. The Hall–Kier alpha value is -4.42. The third kappa shape index (κ3) is 5.93. The highest BCUT2D eigenvalue weighted by Gasteiger charge is 2.40. The third-order valence-electron chi connectivity index (χ3n) is 8.11. The molecule has 2 amide bonds. The lowest BCUT2D eigenvalue weighted by atomic mass is 9.88. The summed E-state index contributed by atoms with van der Waals surface area (Å²) in [7, 11) is 0. The fourth-order valence-electron chi connectivity index (χ4n) is 5.61. The number of ether oxygens (including phenoxy) is 1. The summed E-state index contributed by atoms with van der Waals surface area (Å²) in [5.74, 6) is 0.545. The smallest absolute Gasteiger partial charge is 0.279 e. The fraction of sp³-hybridized carbons (Fsp3) is 0.367. The van der Waals surface area contributed by atoms with Crippen LogP contribution in [0.5, 0.6) is 5.75 Å². The molecule has 0 radical (unpaired) electrons. The van der Waals surface area contributed by atoms with Crippen molar-refractivity contribution in [1.82, 2.24) is 20.1 Å². The lowest BCUT2D eigenvalue weighted by Crippen LogP contribution is -2.57. The zero-order valence-corrected chi connectivity index (χ0v) is 24.6. The molecule has 43 heavy (non-hydrogen) atoms. The summed E-state index contributed by atoms with van der Waals surface area (Å²) in [6.45, 7) is 4.83. The Kier molecular flexibility index (Phi) is 7.80. The van der Waals surface area contributed by atoms with E-state index in [-0.39, 0.29) is 23.0 Å².